The molecule has 0 aromatic rings. The van der Waals surface area contributed by atoms with Crippen molar-refractivity contribution in [2.24, 2.45) is 0 Å². The third kappa shape index (κ3) is 10.2. The molecule has 0 bridgehead atoms. The van der Waals surface area contributed by atoms with Crippen molar-refractivity contribution in [2.75, 3.05) is 52.8 Å². The Morgan fingerprint density at radius 1 is 1.15 bits per heavy atom. The highest BCUT2D eigenvalue weighted by molar-refractivity contribution is 8.14. The fourth-order valence-electron chi connectivity index (χ4n) is 1.86. The summed E-state index contributed by atoms with van der Waals surface area (Å²) < 4.78 is 19.3. The van der Waals surface area contributed by atoms with Gasteiger partial charge in [-0.15, -0.1) is 0 Å². The van der Waals surface area contributed by atoms with Crippen LogP contribution >= 0.6 is 11.8 Å². The Bertz CT molecular complexity index is 496. The zero-order chi connectivity index (χ0) is 19.4. The molecule has 10 nitrogen and oxygen atoms in total. The fourth-order valence-corrected chi connectivity index (χ4v) is 2.46. The lowest BCUT2D eigenvalue weighted by Crippen LogP contribution is -2.39. The van der Waals surface area contributed by atoms with Crippen molar-refractivity contribution >= 4 is 34.9 Å². The summed E-state index contributed by atoms with van der Waals surface area (Å²) in [5, 5.41) is 0.850. The van der Waals surface area contributed by atoms with E-state index < -0.39 is 35.2 Å². The molecule has 1 N–H and O–H groups in total. The van der Waals surface area contributed by atoms with Crippen LogP contribution < -0.4 is 5.32 Å². The second-order valence-corrected chi connectivity index (χ2v) is 6.58. The number of hydrogen-bond donors (Lipinski definition) is 1. The number of esters is 2. The van der Waals surface area contributed by atoms with E-state index in [0.717, 1.165) is 13.1 Å². The number of thioether (sulfide) groups is 1. The number of ether oxygens (including phenoxy) is 4. The summed E-state index contributed by atoms with van der Waals surface area (Å²) in [5.41, 5.74) is 0. The first-order chi connectivity index (χ1) is 12.4. The van der Waals surface area contributed by atoms with E-state index in [1.807, 2.05) is 0 Å². The summed E-state index contributed by atoms with van der Waals surface area (Å²) in [4.78, 5) is 47.5. The van der Waals surface area contributed by atoms with Crippen LogP contribution in [0.1, 0.15) is 13.8 Å². The molecule has 1 heterocycles. The first-order valence-corrected chi connectivity index (χ1v) is 8.96. The highest BCUT2D eigenvalue weighted by atomic mass is 32.2. The van der Waals surface area contributed by atoms with Gasteiger partial charge in [-0.25, -0.2) is 4.79 Å². The minimum atomic E-state index is -0.777. The van der Waals surface area contributed by atoms with Crippen LogP contribution in [-0.4, -0.2) is 86.1 Å². The third-order valence-corrected chi connectivity index (χ3v) is 4.14. The van der Waals surface area contributed by atoms with Crippen LogP contribution in [-0.2, 0) is 33.3 Å². The van der Waals surface area contributed by atoms with Crippen LogP contribution in [0.2, 0.25) is 0 Å². The predicted octanol–water partition coefficient (Wildman–Crippen LogP) is -0.243. The fraction of sp³-hybridized carbons (Fsp3) is 0.733. The Labute approximate surface area is 155 Å². The van der Waals surface area contributed by atoms with Crippen LogP contribution in [0.4, 0.5) is 4.79 Å². The molecule has 1 aliphatic rings. The molecular formula is C15H24N2O8S. The van der Waals surface area contributed by atoms with Gasteiger partial charge in [0, 0.05) is 26.6 Å². The number of rotatable bonds is 9. The zero-order valence-corrected chi connectivity index (χ0v) is 15.7. The lowest BCUT2D eigenvalue weighted by molar-refractivity contribution is -0.148. The number of nitrogens with one attached hydrogen (secondary N) is 1. The Morgan fingerprint density at radius 2 is 1.85 bits per heavy atom. The summed E-state index contributed by atoms with van der Waals surface area (Å²) in [7, 11) is 0. The summed E-state index contributed by atoms with van der Waals surface area (Å²) in [6.07, 6.45) is 0. The zero-order valence-electron chi connectivity index (χ0n) is 14.9. The number of amides is 1. The van der Waals surface area contributed by atoms with Crippen LogP contribution in [0.3, 0.4) is 0 Å². The largest absolute Gasteiger partial charge is 0.463 e. The van der Waals surface area contributed by atoms with Gasteiger partial charge in [0.05, 0.1) is 18.5 Å². The van der Waals surface area contributed by atoms with Crippen molar-refractivity contribution in [1.82, 2.24) is 10.2 Å². The van der Waals surface area contributed by atoms with Gasteiger partial charge in [0.15, 0.2) is 0 Å². The molecule has 0 aliphatic carbocycles. The Morgan fingerprint density at radius 3 is 2.50 bits per heavy atom. The molecule has 1 aliphatic heterocycles. The topological polar surface area (TPSA) is 120 Å². The molecule has 26 heavy (non-hydrogen) atoms. The molecule has 0 saturated carbocycles. The van der Waals surface area contributed by atoms with E-state index in [4.69, 9.17) is 9.47 Å². The Kier molecular flexibility index (Phi) is 10.7. The van der Waals surface area contributed by atoms with Gasteiger partial charge in [0.2, 0.25) is 12.7 Å². The van der Waals surface area contributed by atoms with Crippen molar-refractivity contribution in [1.29, 1.82) is 0 Å². The van der Waals surface area contributed by atoms with E-state index in [1.165, 1.54) is 13.8 Å². The molecule has 0 spiro atoms. The van der Waals surface area contributed by atoms with Crippen molar-refractivity contribution in [2.45, 2.75) is 19.1 Å². The molecule has 0 aromatic carbocycles. The molecule has 1 saturated heterocycles. The number of carbonyl (C=O) groups excluding carboxylic acids is 4. The normalized spacial score (nSPS) is 15.6. The maximum absolute atomic E-state index is 11.8. The lowest BCUT2D eigenvalue weighted by atomic mass is 10.4. The minimum absolute atomic E-state index is 0.238. The smallest absolute Gasteiger partial charge is 0.370 e. The number of nitrogens with zero attached hydrogens (tertiary/aromatic N) is 1. The average Bonchev–Trinajstić information content (AvgIpc) is 2.60. The first kappa shape index (κ1) is 22.2. The standard InChI is InChI=1S/C15H24N2O8S/c1-11(26-15(21)25-10-24-12(2)18)14(20)16-9-13(19)23-8-5-17-3-6-22-7-4-17/h11H,3-10H2,1-2H3,(H,16,20). The van der Waals surface area contributed by atoms with E-state index in [0.29, 0.717) is 31.5 Å². The second-order valence-electron chi connectivity index (χ2n) is 5.30. The predicted molar refractivity (Wildman–Crippen MR) is 91.4 cm³/mol. The van der Waals surface area contributed by atoms with Gasteiger partial charge in [-0.1, -0.05) is 0 Å². The van der Waals surface area contributed by atoms with Gasteiger partial charge in [0.25, 0.3) is 0 Å². The van der Waals surface area contributed by atoms with Crippen LogP contribution in [0.25, 0.3) is 0 Å². The number of hydrogen-bond acceptors (Lipinski definition) is 10. The minimum Gasteiger partial charge on any atom is -0.463 e. The highest BCUT2D eigenvalue weighted by Gasteiger charge is 2.20. The van der Waals surface area contributed by atoms with E-state index in [1.54, 1.807) is 0 Å². The van der Waals surface area contributed by atoms with Crippen molar-refractivity contribution in [3.8, 4) is 0 Å². The van der Waals surface area contributed by atoms with E-state index >= 15 is 0 Å². The third-order valence-electron chi connectivity index (χ3n) is 3.26. The molecule has 0 radical (unpaired) electrons. The van der Waals surface area contributed by atoms with E-state index in [9.17, 15) is 19.2 Å². The molecule has 148 valence electrons. The average molecular weight is 392 g/mol. The van der Waals surface area contributed by atoms with Crippen molar-refractivity contribution in [3.63, 3.8) is 0 Å². The first-order valence-electron chi connectivity index (χ1n) is 8.08. The molecule has 0 aromatic heterocycles. The molecular weight excluding hydrogens is 368 g/mol. The highest BCUT2D eigenvalue weighted by Crippen LogP contribution is 2.13. The summed E-state index contributed by atoms with van der Waals surface area (Å²) in [5.74, 6) is -1.65. The maximum Gasteiger partial charge on any atom is 0.370 e. The van der Waals surface area contributed by atoms with Gasteiger partial charge < -0.3 is 24.3 Å². The summed E-state index contributed by atoms with van der Waals surface area (Å²) in [6, 6.07) is 0. The molecule has 11 heteroatoms. The number of carbonyl (C=O) groups is 4. The molecule has 1 fully saturated rings. The Hall–Kier alpha value is -1.85. The van der Waals surface area contributed by atoms with Gasteiger partial charge >= 0.3 is 17.2 Å². The van der Waals surface area contributed by atoms with Crippen LogP contribution in [0.15, 0.2) is 0 Å². The summed E-state index contributed by atoms with van der Waals surface area (Å²) >= 11 is 0.613. The van der Waals surface area contributed by atoms with Gasteiger partial charge in [-0.05, 0) is 18.7 Å². The van der Waals surface area contributed by atoms with Gasteiger partial charge in [-0.3, -0.25) is 19.3 Å². The van der Waals surface area contributed by atoms with Gasteiger partial charge in [-0.2, -0.15) is 0 Å². The SMILES string of the molecule is CC(=O)OCOC(=O)SC(C)C(=O)NCC(=O)OCCN1CCOCC1. The number of morpholine rings is 1. The van der Waals surface area contributed by atoms with E-state index in [-0.39, 0.29) is 13.2 Å². The summed E-state index contributed by atoms with van der Waals surface area (Å²) in [6.45, 7) is 5.66. The van der Waals surface area contributed by atoms with Gasteiger partial charge in [0.1, 0.15) is 13.2 Å². The second kappa shape index (κ2) is 12.5. The Balaban J connectivity index is 2.11. The maximum atomic E-state index is 11.8. The van der Waals surface area contributed by atoms with Crippen LogP contribution in [0, 0.1) is 0 Å². The quantitative estimate of drug-likeness (QED) is 0.415. The van der Waals surface area contributed by atoms with Crippen LogP contribution in [0.5, 0.6) is 0 Å². The van der Waals surface area contributed by atoms with Crippen molar-refractivity contribution in [3.05, 3.63) is 0 Å². The molecule has 1 rings (SSSR count). The molecule has 1 amide bonds. The molecule has 1 atom stereocenters. The molecule has 1 unspecified atom stereocenters. The lowest BCUT2D eigenvalue weighted by Gasteiger charge is -2.26. The van der Waals surface area contributed by atoms with Crippen molar-refractivity contribution < 1.29 is 38.1 Å². The van der Waals surface area contributed by atoms with E-state index in [2.05, 4.69) is 19.7 Å². The monoisotopic (exact) mass is 392 g/mol.